The normalized spacial score (nSPS) is 49.2. The molecule has 5 rings (SSSR count). The SMILES string of the molecule is CC1C=C[C@@]2(C)C(CCC3=C4CCC5(OCCO5)[C@@]4(C)CCC32)C1. The second-order valence-electron chi connectivity index (χ2n) is 9.55. The first-order valence-corrected chi connectivity index (χ1v) is 10.2. The highest BCUT2D eigenvalue weighted by Crippen LogP contribution is 2.66. The van der Waals surface area contributed by atoms with E-state index in [1.165, 1.54) is 38.5 Å². The second-order valence-corrected chi connectivity index (χ2v) is 9.55. The lowest BCUT2D eigenvalue weighted by molar-refractivity contribution is -0.213. The van der Waals surface area contributed by atoms with E-state index in [9.17, 15) is 0 Å². The molecule has 3 fully saturated rings. The topological polar surface area (TPSA) is 18.5 Å². The first kappa shape index (κ1) is 15.6. The Labute approximate surface area is 146 Å². The number of allylic oxidation sites excluding steroid dienone is 3. The van der Waals surface area contributed by atoms with Gasteiger partial charge in [0.1, 0.15) is 0 Å². The lowest BCUT2D eigenvalue weighted by atomic mass is 9.50. The van der Waals surface area contributed by atoms with Gasteiger partial charge in [-0.15, -0.1) is 0 Å². The van der Waals surface area contributed by atoms with E-state index >= 15 is 0 Å². The molecule has 2 nitrogen and oxygen atoms in total. The van der Waals surface area contributed by atoms with E-state index < -0.39 is 0 Å². The molecule has 4 aliphatic carbocycles. The molecule has 0 aromatic rings. The molecule has 0 amide bonds. The first-order chi connectivity index (χ1) is 11.5. The summed E-state index contributed by atoms with van der Waals surface area (Å²) in [4.78, 5) is 0. The molecule has 1 heterocycles. The molecule has 2 saturated carbocycles. The van der Waals surface area contributed by atoms with Crippen LogP contribution < -0.4 is 0 Å². The molecular formula is C22H32O2. The monoisotopic (exact) mass is 328 g/mol. The lowest BCUT2D eigenvalue weighted by Crippen LogP contribution is -2.49. The van der Waals surface area contributed by atoms with Gasteiger partial charge in [-0.25, -0.2) is 0 Å². The van der Waals surface area contributed by atoms with Crippen LogP contribution in [0.3, 0.4) is 0 Å². The number of fused-ring (bicyclic) bond motifs is 5. The highest BCUT2D eigenvalue weighted by atomic mass is 16.7. The summed E-state index contributed by atoms with van der Waals surface area (Å²) in [5.74, 6) is 2.11. The van der Waals surface area contributed by atoms with Crippen LogP contribution in [0.5, 0.6) is 0 Å². The molecule has 24 heavy (non-hydrogen) atoms. The van der Waals surface area contributed by atoms with E-state index in [1.54, 1.807) is 11.1 Å². The van der Waals surface area contributed by atoms with Crippen molar-refractivity contribution in [2.75, 3.05) is 13.2 Å². The van der Waals surface area contributed by atoms with Gasteiger partial charge < -0.3 is 9.47 Å². The molecular weight excluding hydrogens is 296 g/mol. The maximum absolute atomic E-state index is 6.23. The van der Waals surface area contributed by atoms with Crippen LogP contribution >= 0.6 is 0 Å². The number of rotatable bonds is 0. The van der Waals surface area contributed by atoms with Crippen LogP contribution in [0.1, 0.15) is 65.7 Å². The van der Waals surface area contributed by atoms with Gasteiger partial charge >= 0.3 is 0 Å². The summed E-state index contributed by atoms with van der Waals surface area (Å²) in [6.07, 6.45) is 14.0. The van der Waals surface area contributed by atoms with Gasteiger partial charge in [-0.2, -0.15) is 0 Å². The molecule has 1 aliphatic heterocycles. The van der Waals surface area contributed by atoms with Crippen LogP contribution in [0, 0.1) is 28.6 Å². The van der Waals surface area contributed by atoms with Gasteiger partial charge in [-0.05, 0) is 61.7 Å². The van der Waals surface area contributed by atoms with Gasteiger partial charge in [0.05, 0.1) is 13.2 Å². The van der Waals surface area contributed by atoms with Crippen LogP contribution in [0.2, 0.25) is 0 Å². The quantitative estimate of drug-likeness (QED) is 0.566. The Hall–Kier alpha value is -0.600. The van der Waals surface area contributed by atoms with Gasteiger partial charge in [-0.3, -0.25) is 0 Å². The summed E-state index contributed by atoms with van der Waals surface area (Å²) in [7, 11) is 0. The van der Waals surface area contributed by atoms with Gasteiger partial charge in [0.15, 0.2) is 5.79 Å². The molecule has 3 unspecified atom stereocenters. The zero-order chi connectivity index (χ0) is 16.6. The highest BCUT2D eigenvalue weighted by molar-refractivity contribution is 5.38. The summed E-state index contributed by atoms with van der Waals surface area (Å²) >= 11 is 0. The standard InChI is InChI=1S/C22H32O2/c1-15-6-9-20(2)16(14-15)4-5-17-18(20)7-10-21(3)19(17)8-11-22(21)23-12-13-24-22/h6,9,15-16,18H,4-5,7-8,10-14H2,1-3H3/t15?,16?,18?,20-,21-/m0/s1. The molecule has 0 bridgehead atoms. The third-order valence-electron chi connectivity index (χ3n) is 8.54. The van der Waals surface area contributed by atoms with E-state index in [-0.39, 0.29) is 11.2 Å². The van der Waals surface area contributed by atoms with Crippen molar-refractivity contribution in [2.24, 2.45) is 28.6 Å². The summed E-state index contributed by atoms with van der Waals surface area (Å²) in [5, 5.41) is 0. The zero-order valence-corrected chi connectivity index (χ0v) is 15.6. The summed E-state index contributed by atoms with van der Waals surface area (Å²) in [6.45, 7) is 8.94. The highest BCUT2D eigenvalue weighted by Gasteiger charge is 2.62. The Balaban J connectivity index is 1.58. The Morgan fingerprint density at radius 1 is 1.04 bits per heavy atom. The minimum absolute atomic E-state index is 0.129. The third-order valence-corrected chi connectivity index (χ3v) is 8.54. The molecule has 0 radical (unpaired) electrons. The molecule has 132 valence electrons. The predicted molar refractivity (Wildman–Crippen MR) is 95.5 cm³/mol. The van der Waals surface area contributed by atoms with Crippen LogP contribution in [-0.2, 0) is 9.47 Å². The Bertz CT molecular complexity index is 611. The number of hydrogen-bond acceptors (Lipinski definition) is 2. The predicted octanol–water partition coefficient (Wildman–Crippen LogP) is 5.25. The van der Waals surface area contributed by atoms with Crippen molar-refractivity contribution >= 4 is 0 Å². The maximum atomic E-state index is 6.23. The second kappa shape index (κ2) is 4.98. The summed E-state index contributed by atoms with van der Waals surface area (Å²) < 4.78 is 12.5. The number of ether oxygens (including phenoxy) is 2. The first-order valence-electron chi connectivity index (χ1n) is 10.2. The van der Waals surface area contributed by atoms with Crippen molar-refractivity contribution in [1.29, 1.82) is 0 Å². The molecule has 5 atom stereocenters. The van der Waals surface area contributed by atoms with Gasteiger partial charge in [0.25, 0.3) is 0 Å². The van der Waals surface area contributed by atoms with E-state index in [0.29, 0.717) is 5.41 Å². The van der Waals surface area contributed by atoms with Gasteiger partial charge in [-0.1, -0.05) is 44.1 Å². The fraction of sp³-hybridized carbons (Fsp3) is 0.818. The van der Waals surface area contributed by atoms with Gasteiger partial charge in [0.2, 0.25) is 0 Å². The smallest absolute Gasteiger partial charge is 0.177 e. The maximum Gasteiger partial charge on any atom is 0.177 e. The van der Waals surface area contributed by atoms with Crippen molar-refractivity contribution in [3.63, 3.8) is 0 Å². The Morgan fingerprint density at radius 2 is 1.83 bits per heavy atom. The fourth-order valence-corrected chi connectivity index (χ4v) is 7.12. The molecule has 1 saturated heterocycles. The van der Waals surface area contributed by atoms with Crippen LogP contribution in [-0.4, -0.2) is 19.0 Å². The van der Waals surface area contributed by atoms with E-state index in [2.05, 4.69) is 32.9 Å². The van der Waals surface area contributed by atoms with Crippen molar-refractivity contribution < 1.29 is 9.47 Å². The third kappa shape index (κ3) is 1.80. The minimum Gasteiger partial charge on any atom is -0.347 e. The average Bonchev–Trinajstić information content (AvgIpc) is 3.15. The Morgan fingerprint density at radius 3 is 2.62 bits per heavy atom. The molecule has 0 N–H and O–H groups in total. The lowest BCUT2D eigenvalue weighted by Gasteiger charge is -2.55. The van der Waals surface area contributed by atoms with Crippen molar-refractivity contribution in [3.05, 3.63) is 23.3 Å². The van der Waals surface area contributed by atoms with Crippen LogP contribution in [0.4, 0.5) is 0 Å². The molecule has 0 aromatic carbocycles. The van der Waals surface area contributed by atoms with Crippen LogP contribution in [0.25, 0.3) is 0 Å². The largest absolute Gasteiger partial charge is 0.347 e. The number of hydrogen-bond donors (Lipinski definition) is 0. The molecule has 2 heteroatoms. The van der Waals surface area contributed by atoms with E-state index in [1.807, 2.05) is 0 Å². The van der Waals surface area contributed by atoms with Crippen LogP contribution in [0.15, 0.2) is 23.3 Å². The fourth-order valence-electron chi connectivity index (χ4n) is 7.12. The summed E-state index contributed by atoms with van der Waals surface area (Å²) in [5.41, 5.74) is 4.05. The van der Waals surface area contributed by atoms with Crippen molar-refractivity contribution in [2.45, 2.75) is 71.5 Å². The molecule has 1 spiro atoms. The average molecular weight is 328 g/mol. The molecule has 0 aromatic heterocycles. The van der Waals surface area contributed by atoms with E-state index in [0.717, 1.165) is 37.4 Å². The minimum atomic E-state index is -0.297. The van der Waals surface area contributed by atoms with Crippen molar-refractivity contribution in [3.8, 4) is 0 Å². The Kier molecular flexibility index (Phi) is 3.24. The van der Waals surface area contributed by atoms with Crippen molar-refractivity contribution in [1.82, 2.24) is 0 Å². The molecule has 5 aliphatic rings. The zero-order valence-electron chi connectivity index (χ0n) is 15.6. The van der Waals surface area contributed by atoms with Gasteiger partial charge in [0, 0.05) is 11.8 Å². The van der Waals surface area contributed by atoms with E-state index in [4.69, 9.17) is 9.47 Å². The summed E-state index contributed by atoms with van der Waals surface area (Å²) in [6, 6.07) is 0.